The van der Waals surface area contributed by atoms with Crippen LogP contribution in [0.5, 0.6) is 0 Å². The summed E-state index contributed by atoms with van der Waals surface area (Å²) in [6.45, 7) is 5.67. The van der Waals surface area contributed by atoms with Crippen molar-refractivity contribution in [3.05, 3.63) is 61.5 Å². The van der Waals surface area contributed by atoms with Crippen LogP contribution in [0.2, 0.25) is 10.2 Å². The lowest BCUT2D eigenvalue weighted by Crippen LogP contribution is -2.25. The minimum absolute atomic E-state index is 0.0102. The van der Waals surface area contributed by atoms with Gasteiger partial charge in [0.05, 0.1) is 16.4 Å². The Bertz CT molecular complexity index is 1150. The van der Waals surface area contributed by atoms with E-state index in [4.69, 9.17) is 23.2 Å². The van der Waals surface area contributed by atoms with Crippen LogP contribution in [0.25, 0.3) is 16.7 Å². The second-order valence-corrected chi connectivity index (χ2v) is 6.83. The van der Waals surface area contributed by atoms with Crippen LogP contribution >= 0.6 is 23.2 Å². The van der Waals surface area contributed by atoms with Crippen molar-refractivity contribution >= 4 is 34.2 Å². The minimum Gasteiger partial charge on any atom is -0.267 e. The molecule has 26 heavy (non-hydrogen) atoms. The Hall–Kier alpha value is -2.49. The average molecular weight is 391 g/mol. The molecular weight excluding hydrogens is 378 g/mol. The molecule has 5 nitrogen and oxygen atoms in total. The summed E-state index contributed by atoms with van der Waals surface area (Å²) in [5.74, 6) is -0.800. The van der Waals surface area contributed by atoms with Crippen molar-refractivity contribution in [2.45, 2.75) is 26.7 Å². The third-order valence-electron chi connectivity index (χ3n) is 4.03. The Morgan fingerprint density at radius 3 is 2.65 bits per heavy atom. The number of hydrogen-bond donors (Lipinski definition) is 0. The van der Waals surface area contributed by atoms with Gasteiger partial charge >= 0.3 is 0 Å². The van der Waals surface area contributed by atoms with Gasteiger partial charge in [-0.3, -0.25) is 14.3 Å². The molecule has 3 rings (SSSR count). The SMILES string of the molecule is Cc1ccnc(C(C)C)c1-n1c(=O)c(C#N)c(Cl)c2cc(F)c(Cl)nc21. The monoisotopic (exact) mass is 390 g/mol. The highest BCUT2D eigenvalue weighted by atomic mass is 35.5. The van der Waals surface area contributed by atoms with E-state index >= 15 is 0 Å². The van der Waals surface area contributed by atoms with Crippen LogP contribution in [-0.2, 0) is 0 Å². The van der Waals surface area contributed by atoms with Crippen molar-refractivity contribution in [2.75, 3.05) is 0 Å². The third kappa shape index (κ3) is 2.74. The molecule has 0 spiro atoms. The molecule has 0 amide bonds. The zero-order valence-electron chi connectivity index (χ0n) is 14.1. The number of pyridine rings is 3. The van der Waals surface area contributed by atoms with Crippen molar-refractivity contribution < 1.29 is 4.39 Å². The highest BCUT2D eigenvalue weighted by Crippen LogP contribution is 2.31. The van der Waals surface area contributed by atoms with Gasteiger partial charge in [-0.05, 0) is 30.5 Å². The van der Waals surface area contributed by atoms with Crippen LogP contribution in [0.1, 0.15) is 36.6 Å². The fourth-order valence-corrected chi connectivity index (χ4v) is 3.21. The molecule has 3 aromatic rings. The summed E-state index contributed by atoms with van der Waals surface area (Å²) < 4.78 is 15.2. The second-order valence-electron chi connectivity index (χ2n) is 6.09. The summed E-state index contributed by atoms with van der Waals surface area (Å²) in [7, 11) is 0. The van der Waals surface area contributed by atoms with Crippen LogP contribution in [-0.4, -0.2) is 14.5 Å². The maximum absolute atomic E-state index is 14.0. The number of aromatic nitrogens is 3. The fourth-order valence-electron chi connectivity index (χ4n) is 2.82. The van der Waals surface area contributed by atoms with Crippen LogP contribution in [0.4, 0.5) is 4.39 Å². The number of aryl methyl sites for hydroxylation is 1. The Kier molecular flexibility index (Phi) is 4.70. The normalized spacial score (nSPS) is 11.2. The van der Waals surface area contributed by atoms with Crippen molar-refractivity contribution in [3.8, 4) is 11.8 Å². The summed E-state index contributed by atoms with van der Waals surface area (Å²) in [6.07, 6.45) is 1.64. The molecule has 0 bridgehead atoms. The lowest BCUT2D eigenvalue weighted by molar-refractivity contribution is 0.624. The number of hydrogen-bond acceptors (Lipinski definition) is 4. The van der Waals surface area contributed by atoms with E-state index in [0.717, 1.165) is 11.6 Å². The van der Waals surface area contributed by atoms with E-state index in [9.17, 15) is 14.4 Å². The van der Waals surface area contributed by atoms with Crippen molar-refractivity contribution in [1.82, 2.24) is 14.5 Å². The van der Waals surface area contributed by atoms with E-state index in [2.05, 4.69) is 9.97 Å². The van der Waals surface area contributed by atoms with Gasteiger partial charge in [-0.2, -0.15) is 5.26 Å². The van der Waals surface area contributed by atoms with E-state index < -0.39 is 11.4 Å². The molecule has 0 radical (unpaired) electrons. The number of halogens is 3. The molecule has 8 heteroatoms. The molecule has 0 saturated heterocycles. The van der Waals surface area contributed by atoms with Crippen LogP contribution in [0.15, 0.2) is 23.1 Å². The first-order valence-electron chi connectivity index (χ1n) is 7.74. The summed E-state index contributed by atoms with van der Waals surface area (Å²) in [4.78, 5) is 21.4. The predicted octanol–water partition coefficient (Wildman–Crippen LogP) is 4.53. The van der Waals surface area contributed by atoms with Crippen LogP contribution in [0, 0.1) is 24.1 Å². The first kappa shape index (κ1) is 18.3. The quantitative estimate of drug-likeness (QED) is 0.602. The first-order chi connectivity index (χ1) is 12.3. The molecular formula is C18H13Cl2FN4O. The lowest BCUT2D eigenvalue weighted by atomic mass is 10.0. The fraction of sp³-hybridized carbons (Fsp3) is 0.222. The Morgan fingerprint density at radius 1 is 1.35 bits per heavy atom. The van der Waals surface area contributed by atoms with Gasteiger partial charge in [-0.15, -0.1) is 0 Å². The highest BCUT2D eigenvalue weighted by Gasteiger charge is 2.23. The van der Waals surface area contributed by atoms with Gasteiger partial charge in [0.25, 0.3) is 5.56 Å². The molecule has 0 aromatic carbocycles. The van der Waals surface area contributed by atoms with Gasteiger partial charge in [-0.1, -0.05) is 37.0 Å². The Morgan fingerprint density at radius 2 is 2.04 bits per heavy atom. The molecule has 0 fully saturated rings. The average Bonchev–Trinajstić information content (AvgIpc) is 2.58. The van der Waals surface area contributed by atoms with Gasteiger partial charge in [0.15, 0.2) is 16.6 Å². The van der Waals surface area contributed by atoms with E-state index in [1.54, 1.807) is 18.3 Å². The summed E-state index contributed by atoms with van der Waals surface area (Å²) in [5.41, 5.74) is 1.01. The smallest absolute Gasteiger partial charge is 0.267 e. The molecule has 0 N–H and O–H groups in total. The second kappa shape index (κ2) is 6.67. The van der Waals surface area contributed by atoms with Crippen molar-refractivity contribution in [3.63, 3.8) is 0 Å². The van der Waals surface area contributed by atoms with Gasteiger partial charge in [0.2, 0.25) is 0 Å². The molecule has 0 aliphatic rings. The summed E-state index contributed by atoms with van der Waals surface area (Å²) >= 11 is 12.0. The van der Waals surface area contributed by atoms with Gasteiger partial charge < -0.3 is 0 Å². The number of rotatable bonds is 2. The summed E-state index contributed by atoms with van der Waals surface area (Å²) in [5, 5.41) is 8.98. The molecule has 3 aromatic heterocycles. The standard InChI is InChI=1S/C18H13Cl2FN4O/c1-8(2)14-15(9(3)4-5-23-14)25-17-10(6-12(21)16(20)24-17)13(19)11(7-22)18(25)26/h4-6,8H,1-3H3. The Balaban J connectivity index is 2.63. The third-order valence-corrected chi connectivity index (χ3v) is 4.69. The molecule has 0 saturated carbocycles. The topological polar surface area (TPSA) is 71.6 Å². The highest BCUT2D eigenvalue weighted by molar-refractivity contribution is 6.36. The predicted molar refractivity (Wildman–Crippen MR) is 98.7 cm³/mol. The van der Waals surface area contributed by atoms with Gasteiger partial charge in [0.1, 0.15) is 11.6 Å². The molecule has 0 aliphatic heterocycles. The molecule has 3 heterocycles. The summed E-state index contributed by atoms with van der Waals surface area (Å²) in [6, 6.07) is 4.61. The van der Waals surface area contributed by atoms with Crippen LogP contribution in [0.3, 0.4) is 0 Å². The van der Waals surface area contributed by atoms with Crippen LogP contribution < -0.4 is 5.56 Å². The maximum atomic E-state index is 14.0. The largest absolute Gasteiger partial charge is 0.276 e. The van der Waals surface area contributed by atoms with E-state index in [-0.39, 0.29) is 32.7 Å². The lowest BCUT2D eigenvalue weighted by Gasteiger charge is -2.18. The first-order valence-corrected chi connectivity index (χ1v) is 8.49. The number of fused-ring (bicyclic) bond motifs is 1. The zero-order chi connectivity index (χ0) is 19.2. The minimum atomic E-state index is -0.790. The van der Waals surface area contributed by atoms with Crippen molar-refractivity contribution in [1.29, 1.82) is 5.26 Å². The Labute approximate surface area is 158 Å². The molecule has 0 aliphatic carbocycles. The molecule has 132 valence electrons. The van der Waals surface area contributed by atoms with E-state index in [0.29, 0.717) is 11.4 Å². The van der Waals surface area contributed by atoms with E-state index in [1.807, 2.05) is 20.8 Å². The zero-order valence-corrected chi connectivity index (χ0v) is 15.7. The molecule has 0 atom stereocenters. The number of nitrogens with zero attached hydrogens (tertiary/aromatic N) is 4. The van der Waals surface area contributed by atoms with E-state index in [1.165, 1.54) is 4.57 Å². The van der Waals surface area contributed by atoms with Crippen molar-refractivity contribution in [2.24, 2.45) is 0 Å². The maximum Gasteiger partial charge on any atom is 0.276 e. The number of nitriles is 1. The van der Waals surface area contributed by atoms with Gasteiger partial charge in [-0.25, -0.2) is 9.37 Å². The molecule has 0 unspecified atom stereocenters. The van der Waals surface area contributed by atoms with Gasteiger partial charge in [0, 0.05) is 11.6 Å².